The van der Waals surface area contributed by atoms with Crippen molar-refractivity contribution >= 4 is 0 Å². The van der Waals surface area contributed by atoms with E-state index in [1.807, 2.05) is 0 Å². The van der Waals surface area contributed by atoms with Crippen molar-refractivity contribution in [3.63, 3.8) is 0 Å². The summed E-state index contributed by atoms with van der Waals surface area (Å²) in [6.45, 7) is 3.41. The normalized spacial score (nSPS) is 24.3. The molecule has 0 radical (unpaired) electrons. The molecule has 3 heteroatoms. The Bertz CT molecular complexity index is 92.1. The highest BCUT2D eigenvalue weighted by atomic mass is 16.5. The van der Waals surface area contributed by atoms with E-state index in [1.165, 1.54) is 12.8 Å². The van der Waals surface area contributed by atoms with E-state index in [4.69, 9.17) is 9.47 Å². The summed E-state index contributed by atoms with van der Waals surface area (Å²) in [5.74, 6) is 0. The average molecular weight is 159 g/mol. The number of hydrogen-bond donors (Lipinski definition) is 1. The van der Waals surface area contributed by atoms with Gasteiger partial charge in [0.2, 0.25) is 0 Å². The zero-order valence-electron chi connectivity index (χ0n) is 7.14. The summed E-state index contributed by atoms with van der Waals surface area (Å²) in [7, 11) is 1.69. The Morgan fingerprint density at radius 1 is 1.45 bits per heavy atom. The SMILES string of the molecule is COCCOCC1CCCN1. The highest BCUT2D eigenvalue weighted by molar-refractivity contribution is 4.72. The molecule has 0 amide bonds. The Morgan fingerprint density at radius 3 is 3.00 bits per heavy atom. The van der Waals surface area contributed by atoms with Crippen LogP contribution in [0.25, 0.3) is 0 Å². The highest BCUT2D eigenvalue weighted by Gasteiger charge is 2.12. The van der Waals surface area contributed by atoms with E-state index in [9.17, 15) is 0 Å². The van der Waals surface area contributed by atoms with Gasteiger partial charge in [-0.2, -0.15) is 0 Å². The highest BCUT2D eigenvalue weighted by Crippen LogP contribution is 2.04. The van der Waals surface area contributed by atoms with Crippen LogP contribution in [0, 0.1) is 0 Å². The smallest absolute Gasteiger partial charge is 0.0701 e. The number of ether oxygens (including phenoxy) is 2. The largest absolute Gasteiger partial charge is 0.382 e. The quantitative estimate of drug-likeness (QED) is 0.589. The van der Waals surface area contributed by atoms with E-state index in [0.29, 0.717) is 19.3 Å². The zero-order valence-corrected chi connectivity index (χ0v) is 7.14. The average Bonchev–Trinajstić information content (AvgIpc) is 2.50. The molecule has 0 bridgehead atoms. The van der Waals surface area contributed by atoms with Crippen LogP contribution in [0.15, 0.2) is 0 Å². The van der Waals surface area contributed by atoms with Gasteiger partial charge in [-0.15, -0.1) is 0 Å². The van der Waals surface area contributed by atoms with Crippen molar-refractivity contribution in [1.82, 2.24) is 5.32 Å². The molecule has 1 unspecified atom stereocenters. The van der Waals surface area contributed by atoms with Gasteiger partial charge in [-0.1, -0.05) is 0 Å². The molecular weight excluding hydrogens is 142 g/mol. The van der Waals surface area contributed by atoms with Crippen LogP contribution < -0.4 is 5.32 Å². The Hall–Kier alpha value is -0.120. The monoisotopic (exact) mass is 159 g/mol. The molecule has 1 atom stereocenters. The lowest BCUT2D eigenvalue weighted by Crippen LogP contribution is -2.27. The first kappa shape index (κ1) is 8.97. The van der Waals surface area contributed by atoms with Crippen molar-refractivity contribution in [1.29, 1.82) is 0 Å². The number of nitrogens with one attached hydrogen (secondary N) is 1. The van der Waals surface area contributed by atoms with Crippen molar-refractivity contribution in [2.45, 2.75) is 18.9 Å². The van der Waals surface area contributed by atoms with Gasteiger partial charge < -0.3 is 14.8 Å². The van der Waals surface area contributed by atoms with Gasteiger partial charge in [0.1, 0.15) is 0 Å². The van der Waals surface area contributed by atoms with Gasteiger partial charge in [0.05, 0.1) is 19.8 Å². The lowest BCUT2D eigenvalue weighted by Gasteiger charge is -2.09. The minimum Gasteiger partial charge on any atom is -0.382 e. The van der Waals surface area contributed by atoms with Crippen molar-refractivity contribution < 1.29 is 9.47 Å². The summed E-state index contributed by atoms with van der Waals surface area (Å²) >= 11 is 0. The standard InChI is InChI=1S/C8H17NO2/c1-10-5-6-11-7-8-3-2-4-9-8/h8-9H,2-7H2,1H3. The summed E-state index contributed by atoms with van der Waals surface area (Å²) in [4.78, 5) is 0. The summed E-state index contributed by atoms with van der Waals surface area (Å²) in [6.07, 6.45) is 2.55. The Morgan fingerprint density at radius 2 is 2.36 bits per heavy atom. The molecule has 0 saturated carbocycles. The molecular formula is C8H17NO2. The van der Waals surface area contributed by atoms with Crippen LogP contribution in [-0.4, -0.2) is 39.5 Å². The van der Waals surface area contributed by atoms with E-state index < -0.39 is 0 Å². The van der Waals surface area contributed by atoms with Crippen LogP contribution in [0.4, 0.5) is 0 Å². The molecule has 0 aromatic carbocycles. The lowest BCUT2D eigenvalue weighted by atomic mass is 10.2. The molecule has 1 N–H and O–H groups in total. The molecule has 1 fully saturated rings. The molecule has 3 nitrogen and oxygen atoms in total. The third-order valence-corrected chi connectivity index (χ3v) is 1.91. The number of rotatable bonds is 5. The second kappa shape index (κ2) is 5.52. The van der Waals surface area contributed by atoms with E-state index in [1.54, 1.807) is 7.11 Å². The number of hydrogen-bond acceptors (Lipinski definition) is 3. The third kappa shape index (κ3) is 3.70. The van der Waals surface area contributed by atoms with E-state index in [2.05, 4.69) is 5.32 Å². The fourth-order valence-electron chi connectivity index (χ4n) is 1.27. The zero-order chi connectivity index (χ0) is 7.94. The predicted molar refractivity (Wildman–Crippen MR) is 43.7 cm³/mol. The van der Waals surface area contributed by atoms with Gasteiger partial charge in [0, 0.05) is 13.2 Å². The molecule has 1 aliphatic heterocycles. The van der Waals surface area contributed by atoms with Gasteiger partial charge in [-0.05, 0) is 19.4 Å². The molecule has 0 spiro atoms. The molecule has 1 aliphatic rings. The van der Waals surface area contributed by atoms with Crippen LogP contribution in [0.3, 0.4) is 0 Å². The third-order valence-electron chi connectivity index (χ3n) is 1.91. The summed E-state index contributed by atoms with van der Waals surface area (Å²) < 4.78 is 10.2. The first-order chi connectivity index (χ1) is 5.43. The summed E-state index contributed by atoms with van der Waals surface area (Å²) in [6, 6.07) is 0.590. The Kier molecular flexibility index (Phi) is 4.50. The van der Waals surface area contributed by atoms with Crippen LogP contribution in [0.1, 0.15) is 12.8 Å². The van der Waals surface area contributed by atoms with Gasteiger partial charge >= 0.3 is 0 Å². The molecule has 1 rings (SSSR count). The van der Waals surface area contributed by atoms with Crippen LogP contribution in [-0.2, 0) is 9.47 Å². The minimum absolute atomic E-state index is 0.590. The van der Waals surface area contributed by atoms with Gasteiger partial charge in [0.15, 0.2) is 0 Å². The maximum absolute atomic E-state index is 5.37. The fourth-order valence-corrected chi connectivity index (χ4v) is 1.27. The van der Waals surface area contributed by atoms with Crippen molar-refractivity contribution in [2.75, 3.05) is 33.5 Å². The van der Waals surface area contributed by atoms with Crippen molar-refractivity contribution in [3.05, 3.63) is 0 Å². The topological polar surface area (TPSA) is 30.5 Å². The van der Waals surface area contributed by atoms with Crippen LogP contribution in [0.2, 0.25) is 0 Å². The van der Waals surface area contributed by atoms with E-state index in [0.717, 1.165) is 13.2 Å². The Labute approximate surface area is 68.1 Å². The van der Waals surface area contributed by atoms with Gasteiger partial charge in [-0.25, -0.2) is 0 Å². The molecule has 1 saturated heterocycles. The molecule has 1 heterocycles. The maximum atomic E-state index is 5.37. The van der Waals surface area contributed by atoms with Crippen LogP contribution >= 0.6 is 0 Å². The molecule has 11 heavy (non-hydrogen) atoms. The lowest BCUT2D eigenvalue weighted by molar-refractivity contribution is 0.0613. The second-order valence-corrected chi connectivity index (χ2v) is 2.86. The summed E-state index contributed by atoms with van der Waals surface area (Å²) in [5.41, 5.74) is 0. The first-order valence-corrected chi connectivity index (χ1v) is 4.23. The predicted octanol–water partition coefficient (Wildman–Crippen LogP) is 0.401. The molecule has 0 aromatic heterocycles. The second-order valence-electron chi connectivity index (χ2n) is 2.86. The summed E-state index contributed by atoms with van der Waals surface area (Å²) in [5, 5.41) is 3.37. The first-order valence-electron chi connectivity index (χ1n) is 4.23. The molecule has 0 aliphatic carbocycles. The van der Waals surface area contributed by atoms with Crippen molar-refractivity contribution in [2.24, 2.45) is 0 Å². The van der Waals surface area contributed by atoms with Gasteiger partial charge in [0.25, 0.3) is 0 Å². The van der Waals surface area contributed by atoms with Crippen LogP contribution in [0.5, 0.6) is 0 Å². The van der Waals surface area contributed by atoms with E-state index in [-0.39, 0.29) is 0 Å². The molecule has 0 aromatic rings. The maximum Gasteiger partial charge on any atom is 0.0701 e. The van der Waals surface area contributed by atoms with Crippen molar-refractivity contribution in [3.8, 4) is 0 Å². The Balaban J connectivity index is 1.86. The van der Waals surface area contributed by atoms with Gasteiger partial charge in [-0.3, -0.25) is 0 Å². The number of methoxy groups -OCH3 is 1. The molecule has 66 valence electrons. The minimum atomic E-state index is 0.590. The fraction of sp³-hybridized carbons (Fsp3) is 1.00. The van der Waals surface area contributed by atoms with E-state index >= 15 is 0 Å².